The molecule has 0 aliphatic carbocycles. The first kappa shape index (κ1) is 17.7. The Hall–Kier alpha value is -2.11. The number of phenolic OH excluding ortho intramolecular Hbond substituents is 1. The third-order valence-electron chi connectivity index (χ3n) is 4.68. The summed E-state index contributed by atoms with van der Waals surface area (Å²) >= 11 is 0. The lowest BCUT2D eigenvalue weighted by molar-refractivity contribution is 0.0348. The Labute approximate surface area is 147 Å². The summed E-state index contributed by atoms with van der Waals surface area (Å²) in [4.78, 5) is 2.33. The third-order valence-corrected chi connectivity index (χ3v) is 4.68. The first-order chi connectivity index (χ1) is 12.1. The number of aliphatic hydroxyl groups is 1. The van der Waals surface area contributed by atoms with Gasteiger partial charge in [0.2, 0.25) is 0 Å². The zero-order valence-electron chi connectivity index (χ0n) is 14.1. The van der Waals surface area contributed by atoms with Gasteiger partial charge in [-0.15, -0.1) is 0 Å². The van der Waals surface area contributed by atoms with Crippen molar-refractivity contribution in [3.8, 4) is 11.5 Å². The summed E-state index contributed by atoms with van der Waals surface area (Å²) in [7, 11) is 0. The van der Waals surface area contributed by atoms with Crippen LogP contribution in [0, 0.1) is 5.82 Å². The number of hydrogen-bond acceptors (Lipinski definition) is 4. The Morgan fingerprint density at radius 1 is 1.08 bits per heavy atom. The van der Waals surface area contributed by atoms with Crippen LogP contribution in [0.4, 0.5) is 4.39 Å². The van der Waals surface area contributed by atoms with Gasteiger partial charge in [0.25, 0.3) is 0 Å². The van der Waals surface area contributed by atoms with E-state index in [1.807, 2.05) is 0 Å². The largest absolute Gasteiger partial charge is 0.508 e. The average molecular weight is 345 g/mol. The molecule has 0 spiro atoms. The lowest BCUT2D eigenvalue weighted by Crippen LogP contribution is -2.47. The fraction of sp³-hybridized carbons (Fsp3) is 0.400. The molecule has 134 valence electrons. The van der Waals surface area contributed by atoms with Crippen LogP contribution >= 0.6 is 0 Å². The van der Waals surface area contributed by atoms with Crippen molar-refractivity contribution >= 4 is 0 Å². The van der Waals surface area contributed by atoms with Crippen molar-refractivity contribution in [2.45, 2.75) is 31.4 Å². The highest BCUT2D eigenvalue weighted by molar-refractivity contribution is 5.30. The van der Waals surface area contributed by atoms with Crippen molar-refractivity contribution in [2.24, 2.45) is 0 Å². The van der Waals surface area contributed by atoms with Gasteiger partial charge in [0.15, 0.2) is 0 Å². The van der Waals surface area contributed by atoms with Crippen molar-refractivity contribution in [3.63, 3.8) is 0 Å². The highest BCUT2D eigenvalue weighted by Crippen LogP contribution is 2.22. The van der Waals surface area contributed by atoms with Gasteiger partial charge in [0.05, 0.1) is 6.10 Å². The summed E-state index contributed by atoms with van der Waals surface area (Å²) in [5.41, 5.74) is 1.07. The quantitative estimate of drug-likeness (QED) is 0.845. The maximum absolute atomic E-state index is 13.1. The number of likely N-dealkylation sites (tertiary alicyclic amines) is 1. The molecule has 2 aromatic rings. The van der Waals surface area contributed by atoms with Gasteiger partial charge in [0, 0.05) is 19.1 Å². The number of hydrogen-bond donors (Lipinski definition) is 2. The second kappa shape index (κ2) is 8.32. The van der Waals surface area contributed by atoms with Crippen LogP contribution in [0.25, 0.3) is 0 Å². The molecule has 25 heavy (non-hydrogen) atoms. The van der Waals surface area contributed by atoms with E-state index in [9.17, 15) is 14.6 Å². The van der Waals surface area contributed by atoms with Crippen molar-refractivity contribution in [1.82, 2.24) is 4.90 Å². The minimum absolute atomic E-state index is 0.219. The maximum atomic E-state index is 13.1. The zero-order chi connectivity index (χ0) is 17.6. The summed E-state index contributed by atoms with van der Waals surface area (Å²) in [5, 5.41) is 19.3. The van der Waals surface area contributed by atoms with Crippen LogP contribution in [0.2, 0.25) is 0 Å². The van der Waals surface area contributed by atoms with E-state index in [4.69, 9.17) is 4.74 Å². The number of phenols is 1. The van der Waals surface area contributed by atoms with Crippen LogP contribution in [0.3, 0.4) is 0 Å². The first-order valence-electron chi connectivity index (χ1n) is 8.68. The van der Waals surface area contributed by atoms with Crippen molar-refractivity contribution in [3.05, 3.63) is 59.9 Å². The van der Waals surface area contributed by atoms with Crippen molar-refractivity contribution in [2.75, 3.05) is 19.7 Å². The molecule has 1 saturated heterocycles. The Balaban J connectivity index is 1.55. The number of piperidine rings is 1. The first-order valence-corrected chi connectivity index (χ1v) is 8.68. The Bertz CT molecular complexity index is 660. The van der Waals surface area contributed by atoms with Gasteiger partial charge in [-0.25, -0.2) is 4.39 Å². The van der Waals surface area contributed by atoms with Crippen LogP contribution in [0.1, 0.15) is 18.4 Å². The van der Waals surface area contributed by atoms with Crippen LogP contribution < -0.4 is 4.74 Å². The SMILES string of the molecule is Oc1ccc(OCCN2CCC(O)CC2Cc2ccc(F)cc2)cc1. The van der Waals surface area contributed by atoms with E-state index in [1.54, 1.807) is 36.4 Å². The summed E-state index contributed by atoms with van der Waals surface area (Å²) in [5.74, 6) is 0.716. The Kier molecular flexibility index (Phi) is 5.89. The number of nitrogens with zero attached hydrogens (tertiary/aromatic N) is 1. The van der Waals surface area contributed by atoms with E-state index < -0.39 is 0 Å². The van der Waals surface area contributed by atoms with E-state index in [2.05, 4.69) is 4.90 Å². The number of aromatic hydroxyl groups is 1. The van der Waals surface area contributed by atoms with E-state index >= 15 is 0 Å². The molecular formula is C20H24FNO3. The molecule has 1 heterocycles. The topological polar surface area (TPSA) is 52.9 Å². The molecule has 2 aromatic carbocycles. The molecule has 1 aliphatic rings. The number of aliphatic hydroxyl groups excluding tert-OH is 1. The molecule has 0 saturated carbocycles. The molecule has 2 N–H and O–H groups in total. The molecule has 3 rings (SSSR count). The number of ether oxygens (including phenoxy) is 1. The van der Waals surface area contributed by atoms with E-state index in [0.29, 0.717) is 6.61 Å². The smallest absolute Gasteiger partial charge is 0.123 e. The van der Waals surface area contributed by atoms with Crippen LogP contribution in [0.5, 0.6) is 11.5 Å². The molecule has 2 atom stereocenters. The second-order valence-corrected chi connectivity index (χ2v) is 6.54. The molecule has 0 amide bonds. The molecule has 1 aliphatic heterocycles. The van der Waals surface area contributed by atoms with Gasteiger partial charge in [-0.3, -0.25) is 4.90 Å². The van der Waals surface area contributed by atoms with Crippen LogP contribution in [-0.4, -0.2) is 47.0 Å². The average Bonchev–Trinajstić information content (AvgIpc) is 2.60. The predicted octanol–water partition coefficient (Wildman–Crippen LogP) is 2.98. The predicted molar refractivity (Wildman–Crippen MR) is 94.3 cm³/mol. The van der Waals surface area contributed by atoms with Gasteiger partial charge in [-0.05, 0) is 61.2 Å². The number of halogens is 1. The summed E-state index contributed by atoms with van der Waals surface area (Å²) in [6.45, 7) is 2.13. The molecule has 0 aromatic heterocycles. The lowest BCUT2D eigenvalue weighted by atomic mass is 9.94. The van der Waals surface area contributed by atoms with Crippen molar-refractivity contribution in [1.29, 1.82) is 0 Å². The monoisotopic (exact) mass is 345 g/mol. The Morgan fingerprint density at radius 3 is 2.52 bits per heavy atom. The van der Waals surface area contributed by atoms with Gasteiger partial charge in [-0.2, -0.15) is 0 Å². The molecule has 0 radical (unpaired) electrons. The number of rotatable bonds is 6. The summed E-state index contributed by atoms with van der Waals surface area (Å²) in [6, 6.07) is 13.5. The van der Waals surface area contributed by atoms with Crippen LogP contribution in [0.15, 0.2) is 48.5 Å². The fourth-order valence-electron chi connectivity index (χ4n) is 3.30. The van der Waals surface area contributed by atoms with Crippen molar-refractivity contribution < 1.29 is 19.3 Å². The van der Waals surface area contributed by atoms with E-state index in [0.717, 1.165) is 43.7 Å². The van der Waals surface area contributed by atoms with Gasteiger partial charge in [0.1, 0.15) is 23.9 Å². The fourth-order valence-corrected chi connectivity index (χ4v) is 3.30. The number of benzene rings is 2. The normalized spacial score (nSPS) is 21.2. The summed E-state index contributed by atoms with van der Waals surface area (Å²) < 4.78 is 18.8. The van der Waals surface area contributed by atoms with Crippen LogP contribution in [-0.2, 0) is 6.42 Å². The van der Waals surface area contributed by atoms with E-state index in [1.165, 1.54) is 12.1 Å². The highest BCUT2D eigenvalue weighted by atomic mass is 19.1. The molecule has 4 nitrogen and oxygen atoms in total. The van der Waals surface area contributed by atoms with Gasteiger partial charge in [-0.1, -0.05) is 12.1 Å². The highest BCUT2D eigenvalue weighted by Gasteiger charge is 2.27. The minimum Gasteiger partial charge on any atom is -0.508 e. The third kappa shape index (κ3) is 5.18. The van der Waals surface area contributed by atoms with E-state index in [-0.39, 0.29) is 23.7 Å². The molecular weight excluding hydrogens is 321 g/mol. The molecule has 1 fully saturated rings. The minimum atomic E-state index is -0.278. The zero-order valence-corrected chi connectivity index (χ0v) is 14.1. The molecule has 2 unspecified atom stereocenters. The molecule has 5 heteroatoms. The van der Waals surface area contributed by atoms with Gasteiger partial charge < -0.3 is 14.9 Å². The lowest BCUT2D eigenvalue weighted by Gasteiger charge is -2.38. The molecule has 0 bridgehead atoms. The standard InChI is InChI=1S/C20H24FNO3/c21-16-3-1-15(2-4-16)13-17-14-19(24)9-10-22(17)11-12-25-20-7-5-18(23)6-8-20/h1-8,17,19,23-24H,9-14H2. The maximum Gasteiger partial charge on any atom is 0.123 e. The Morgan fingerprint density at radius 2 is 1.80 bits per heavy atom. The summed E-state index contributed by atoms with van der Waals surface area (Å²) in [6.07, 6.45) is 1.99. The second-order valence-electron chi connectivity index (χ2n) is 6.54. The van der Waals surface area contributed by atoms with Gasteiger partial charge >= 0.3 is 0 Å².